The molecule has 0 bridgehead atoms. The van der Waals surface area contributed by atoms with Crippen molar-refractivity contribution in [2.24, 2.45) is 5.73 Å². The van der Waals surface area contributed by atoms with Crippen LogP contribution in [-0.2, 0) is 0 Å². The second-order valence-corrected chi connectivity index (χ2v) is 5.56. The summed E-state index contributed by atoms with van der Waals surface area (Å²) in [6.07, 6.45) is 0. The predicted molar refractivity (Wildman–Crippen MR) is 81.6 cm³/mol. The van der Waals surface area contributed by atoms with Crippen molar-refractivity contribution in [2.45, 2.75) is 17.9 Å². The maximum absolute atomic E-state index is 13.5. The molecule has 1 unspecified atom stereocenters. The molecule has 0 amide bonds. The molecule has 2 aromatic carbocycles. The molecule has 0 aliphatic heterocycles. The van der Waals surface area contributed by atoms with E-state index in [4.69, 9.17) is 10.5 Å². The first-order valence-electron chi connectivity index (χ1n) is 6.66. The highest BCUT2D eigenvalue weighted by Crippen LogP contribution is 2.27. The molecule has 0 heterocycles. The van der Waals surface area contributed by atoms with Crippen LogP contribution in [-0.4, -0.2) is 12.4 Å². The van der Waals surface area contributed by atoms with Crippen LogP contribution >= 0.6 is 11.8 Å². The zero-order chi connectivity index (χ0) is 15.2. The Hall–Kier alpha value is -1.59. The molecule has 0 fully saturated rings. The minimum absolute atomic E-state index is 0.227. The van der Waals surface area contributed by atoms with E-state index < -0.39 is 11.6 Å². The smallest absolute Gasteiger partial charge is 0.139 e. The Kier molecular flexibility index (Phi) is 5.59. The molecule has 0 aliphatic carbocycles. The van der Waals surface area contributed by atoms with E-state index in [0.29, 0.717) is 17.3 Å². The van der Waals surface area contributed by atoms with Gasteiger partial charge >= 0.3 is 0 Å². The number of benzene rings is 2. The summed E-state index contributed by atoms with van der Waals surface area (Å²) in [5.41, 5.74) is 7.04. The molecule has 2 N–H and O–H groups in total. The average Bonchev–Trinajstić information content (AvgIpc) is 2.47. The Morgan fingerprint density at radius 2 is 1.86 bits per heavy atom. The third-order valence-electron chi connectivity index (χ3n) is 2.93. The van der Waals surface area contributed by atoms with Crippen molar-refractivity contribution in [2.75, 3.05) is 12.4 Å². The van der Waals surface area contributed by atoms with E-state index in [1.165, 1.54) is 23.9 Å². The Morgan fingerprint density at radius 3 is 2.48 bits per heavy atom. The normalized spacial score (nSPS) is 12.2. The summed E-state index contributed by atoms with van der Waals surface area (Å²) < 4.78 is 31.7. The van der Waals surface area contributed by atoms with Crippen molar-refractivity contribution in [3.63, 3.8) is 0 Å². The second kappa shape index (κ2) is 7.43. The maximum Gasteiger partial charge on any atom is 0.139 e. The Bertz CT molecular complexity index is 589. The number of rotatable bonds is 6. The molecule has 0 radical (unpaired) electrons. The molecule has 0 saturated heterocycles. The molecule has 2 aromatic rings. The van der Waals surface area contributed by atoms with Crippen molar-refractivity contribution in [1.29, 1.82) is 0 Å². The first kappa shape index (κ1) is 15.8. The van der Waals surface area contributed by atoms with Gasteiger partial charge in [-0.15, -0.1) is 11.8 Å². The topological polar surface area (TPSA) is 35.2 Å². The van der Waals surface area contributed by atoms with Gasteiger partial charge in [-0.2, -0.15) is 0 Å². The zero-order valence-electron chi connectivity index (χ0n) is 11.7. The average molecular weight is 309 g/mol. The number of thioether (sulfide) groups is 1. The summed E-state index contributed by atoms with van der Waals surface area (Å²) in [7, 11) is 0. The van der Waals surface area contributed by atoms with Crippen molar-refractivity contribution < 1.29 is 13.5 Å². The minimum Gasteiger partial charge on any atom is -0.494 e. The van der Waals surface area contributed by atoms with Gasteiger partial charge in [-0.1, -0.05) is 12.1 Å². The molecular formula is C16H17F2NOS. The molecular weight excluding hydrogens is 292 g/mol. The molecule has 1 atom stereocenters. The fraction of sp³-hybridized carbons (Fsp3) is 0.250. The van der Waals surface area contributed by atoms with Gasteiger partial charge in [0.1, 0.15) is 17.4 Å². The molecule has 2 nitrogen and oxygen atoms in total. The number of hydrogen-bond acceptors (Lipinski definition) is 3. The van der Waals surface area contributed by atoms with Crippen LogP contribution in [0.1, 0.15) is 18.5 Å². The van der Waals surface area contributed by atoms with E-state index in [2.05, 4.69) is 0 Å². The lowest BCUT2D eigenvalue weighted by Gasteiger charge is -2.13. The fourth-order valence-electron chi connectivity index (χ4n) is 1.85. The quantitative estimate of drug-likeness (QED) is 0.814. The molecule has 2 rings (SSSR count). The molecule has 0 aliphatic rings. The van der Waals surface area contributed by atoms with Crippen LogP contribution in [0, 0.1) is 11.6 Å². The van der Waals surface area contributed by atoms with Crippen molar-refractivity contribution in [3.8, 4) is 5.75 Å². The van der Waals surface area contributed by atoms with Gasteiger partial charge in [-0.3, -0.25) is 0 Å². The van der Waals surface area contributed by atoms with E-state index in [-0.39, 0.29) is 6.04 Å². The van der Waals surface area contributed by atoms with Gasteiger partial charge < -0.3 is 10.5 Å². The largest absolute Gasteiger partial charge is 0.494 e. The summed E-state index contributed by atoms with van der Waals surface area (Å²) in [6, 6.07) is 10.9. The van der Waals surface area contributed by atoms with Gasteiger partial charge in [0.15, 0.2) is 0 Å². The molecule has 21 heavy (non-hydrogen) atoms. The second-order valence-electron chi connectivity index (χ2n) is 4.49. The Labute approximate surface area is 127 Å². The highest BCUT2D eigenvalue weighted by molar-refractivity contribution is 7.99. The van der Waals surface area contributed by atoms with E-state index in [0.717, 1.165) is 17.4 Å². The van der Waals surface area contributed by atoms with Crippen molar-refractivity contribution in [3.05, 3.63) is 59.7 Å². The van der Waals surface area contributed by atoms with Gasteiger partial charge in [0.2, 0.25) is 0 Å². The van der Waals surface area contributed by atoms with Gasteiger partial charge in [0.05, 0.1) is 6.61 Å². The SMILES string of the molecule is CCOc1ccc(C(N)CSc2ccc(F)cc2F)cc1. The molecule has 112 valence electrons. The first-order valence-corrected chi connectivity index (χ1v) is 7.65. The van der Waals surface area contributed by atoms with Crippen LogP contribution in [0.3, 0.4) is 0 Å². The van der Waals surface area contributed by atoms with Crippen LogP contribution in [0.5, 0.6) is 5.75 Å². The maximum atomic E-state index is 13.5. The number of hydrogen-bond donors (Lipinski definition) is 1. The summed E-state index contributed by atoms with van der Waals surface area (Å²) in [5, 5.41) is 0. The third kappa shape index (κ3) is 4.44. The third-order valence-corrected chi connectivity index (χ3v) is 4.10. The van der Waals surface area contributed by atoms with E-state index in [1.807, 2.05) is 31.2 Å². The van der Waals surface area contributed by atoms with Crippen LogP contribution in [0.25, 0.3) is 0 Å². The highest BCUT2D eigenvalue weighted by atomic mass is 32.2. The zero-order valence-corrected chi connectivity index (χ0v) is 12.5. The lowest BCUT2D eigenvalue weighted by atomic mass is 10.1. The number of ether oxygens (including phenoxy) is 1. The lowest BCUT2D eigenvalue weighted by Crippen LogP contribution is -2.13. The van der Waals surface area contributed by atoms with Crippen molar-refractivity contribution >= 4 is 11.8 Å². The highest BCUT2D eigenvalue weighted by Gasteiger charge is 2.10. The summed E-state index contributed by atoms with van der Waals surface area (Å²) in [6.45, 7) is 2.54. The van der Waals surface area contributed by atoms with Crippen LogP contribution in [0.2, 0.25) is 0 Å². The van der Waals surface area contributed by atoms with Crippen LogP contribution < -0.4 is 10.5 Å². The Morgan fingerprint density at radius 1 is 1.14 bits per heavy atom. The summed E-state index contributed by atoms with van der Waals surface area (Å²) >= 11 is 1.28. The number of halogens is 2. The molecule has 0 saturated carbocycles. The standard InChI is InChI=1S/C16H17F2NOS/c1-2-20-13-6-3-11(4-7-13)15(19)10-21-16-8-5-12(17)9-14(16)18/h3-9,15H,2,10,19H2,1H3. The van der Waals surface area contributed by atoms with E-state index >= 15 is 0 Å². The van der Waals surface area contributed by atoms with E-state index in [9.17, 15) is 8.78 Å². The fourth-order valence-corrected chi connectivity index (χ4v) is 2.76. The Balaban J connectivity index is 1.96. The number of nitrogens with two attached hydrogens (primary N) is 1. The lowest BCUT2D eigenvalue weighted by molar-refractivity contribution is 0.340. The van der Waals surface area contributed by atoms with Crippen LogP contribution in [0.15, 0.2) is 47.4 Å². The predicted octanol–water partition coefficient (Wildman–Crippen LogP) is 4.16. The molecule has 0 aromatic heterocycles. The molecule has 5 heteroatoms. The molecule has 0 spiro atoms. The monoisotopic (exact) mass is 309 g/mol. The van der Waals surface area contributed by atoms with Crippen molar-refractivity contribution in [1.82, 2.24) is 0 Å². The van der Waals surface area contributed by atoms with Gasteiger partial charge in [0.25, 0.3) is 0 Å². The van der Waals surface area contributed by atoms with Crippen LogP contribution in [0.4, 0.5) is 8.78 Å². The summed E-state index contributed by atoms with van der Waals surface area (Å²) in [4.78, 5) is 0.401. The van der Waals surface area contributed by atoms with E-state index in [1.54, 1.807) is 0 Å². The van der Waals surface area contributed by atoms with Gasteiger partial charge in [0, 0.05) is 22.8 Å². The van der Waals surface area contributed by atoms with Gasteiger partial charge in [-0.25, -0.2) is 8.78 Å². The van der Waals surface area contributed by atoms with Gasteiger partial charge in [-0.05, 0) is 36.8 Å². The minimum atomic E-state index is -0.576. The summed E-state index contributed by atoms with van der Waals surface area (Å²) in [5.74, 6) is 0.175. The first-order chi connectivity index (χ1) is 10.1.